The first-order chi connectivity index (χ1) is 16.3. The largest absolute Gasteiger partial charge is 0.495 e. The van der Waals surface area contributed by atoms with Crippen LogP contribution in [-0.4, -0.2) is 18.3 Å². The normalized spacial score (nSPS) is 17.0. The highest BCUT2D eigenvalue weighted by atomic mass is 16.7. The zero-order chi connectivity index (χ0) is 23.5. The van der Waals surface area contributed by atoms with Crippen LogP contribution in [0, 0.1) is 0 Å². The molecule has 5 aromatic rings. The van der Waals surface area contributed by atoms with Crippen LogP contribution < -0.4 is 5.46 Å². The van der Waals surface area contributed by atoms with E-state index in [2.05, 4.69) is 107 Å². The van der Waals surface area contributed by atoms with E-state index in [1.54, 1.807) is 0 Å². The highest BCUT2D eigenvalue weighted by Crippen LogP contribution is 2.39. The minimum Gasteiger partial charge on any atom is -0.456 e. The topological polar surface area (TPSA) is 31.6 Å². The Morgan fingerprint density at radius 1 is 0.559 bits per heavy atom. The third-order valence-corrected chi connectivity index (χ3v) is 7.34. The molecule has 0 N–H and O–H groups in total. The Balaban J connectivity index is 1.57. The third kappa shape index (κ3) is 3.37. The summed E-state index contributed by atoms with van der Waals surface area (Å²) in [6, 6.07) is 31.6. The van der Waals surface area contributed by atoms with Crippen LogP contribution >= 0.6 is 0 Å². The van der Waals surface area contributed by atoms with Crippen LogP contribution in [0.1, 0.15) is 27.7 Å². The summed E-state index contributed by atoms with van der Waals surface area (Å²) in [7, 11) is -0.474. The monoisotopic (exact) mass is 446 g/mol. The molecule has 0 spiro atoms. The van der Waals surface area contributed by atoms with Crippen molar-refractivity contribution in [1.82, 2.24) is 0 Å². The predicted molar refractivity (Wildman–Crippen MR) is 140 cm³/mol. The smallest absolute Gasteiger partial charge is 0.456 e. The van der Waals surface area contributed by atoms with Gasteiger partial charge in [-0.3, -0.25) is 0 Å². The second-order valence-electron chi connectivity index (χ2n) is 10.1. The van der Waals surface area contributed by atoms with Gasteiger partial charge in [-0.2, -0.15) is 0 Å². The molecule has 1 aliphatic heterocycles. The fraction of sp³-hybridized carbons (Fsp3) is 0.200. The lowest BCUT2D eigenvalue weighted by Crippen LogP contribution is -2.41. The summed E-state index contributed by atoms with van der Waals surface area (Å²) in [6.45, 7) is 8.33. The Bertz CT molecular complexity index is 1480. The second kappa shape index (κ2) is 7.59. The fourth-order valence-electron chi connectivity index (χ4n) is 4.68. The first-order valence-electron chi connectivity index (χ1n) is 11.8. The van der Waals surface area contributed by atoms with E-state index in [-0.39, 0.29) is 0 Å². The molecule has 4 aromatic carbocycles. The van der Waals surface area contributed by atoms with Crippen molar-refractivity contribution >= 4 is 34.5 Å². The molecule has 1 aromatic heterocycles. The van der Waals surface area contributed by atoms with Gasteiger partial charge in [0, 0.05) is 10.8 Å². The minimum absolute atomic E-state index is 0.418. The summed E-state index contributed by atoms with van der Waals surface area (Å²) in [6.07, 6.45) is 0. The van der Waals surface area contributed by atoms with Crippen LogP contribution in [-0.2, 0) is 9.31 Å². The van der Waals surface area contributed by atoms with Crippen molar-refractivity contribution in [3.63, 3.8) is 0 Å². The number of fused-ring (bicyclic) bond motifs is 3. The highest BCUT2D eigenvalue weighted by molar-refractivity contribution is 6.64. The van der Waals surface area contributed by atoms with Gasteiger partial charge in [0.05, 0.1) is 11.2 Å². The molecule has 3 nitrogen and oxygen atoms in total. The molecule has 2 heterocycles. The van der Waals surface area contributed by atoms with E-state index in [4.69, 9.17) is 13.7 Å². The van der Waals surface area contributed by atoms with Crippen molar-refractivity contribution in [3.05, 3.63) is 91.0 Å². The highest BCUT2D eigenvalue weighted by Gasteiger charge is 2.52. The molecule has 0 atom stereocenters. The Hall–Kier alpha value is -3.34. The molecule has 0 aliphatic carbocycles. The molecule has 4 heteroatoms. The molecule has 0 radical (unpaired) electrons. The molecule has 0 saturated carbocycles. The summed E-state index contributed by atoms with van der Waals surface area (Å²) < 4.78 is 19.2. The van der Waals surface area contributed by atoms with Gasteiger partial charge in [-0.25, -0.2) is 0 Å². The molecular weight excluding hydrogens is 419 g/mol. The zero-order valence-electron chi connectivity index (χ0n) is 20.0. The summed E-state index contributed by atoms with van der Waals surface area (Å²) >= 11 is 0. The molecule has 1 fully saturated rings. The molecule has 0 unspecified atom stereocenters. The maximum Gasteiger partial charge on any atom is 0.495 e. The molecule has 34 heavy (non-hydrogen) atoms. The lowest BCUT2D eigenvalue weighted by Gasteiger charge is -2.32. The van der Waals surface area contributed by atoms with Crippen LogP contribution in [0.5, 0.6) is 0 Å². The van der Waals surface area contributed by atoms with E-state index in [1.165, 1.54) is 11.1 Å². The molecule has 0 amide bonds. The quantitative estimate of drug-likeness (QED) is 0.274. The van der Waals surface area contributed by atoms with Crippen molar-refractivity contribution in [3.8, 4) is 22.3 Å². The van der Waals surface area contributed by atoms with Gasteiger partial charge in [0.25, 0.3) is 0 Å². The number of benzene rings is 4. The SMILES string of the molecule is CC1(C)OB(c2cc3oc4ccc(-c5ccccc5)cc4c3cc2-c2ccccc2)OC1(C)C. The van der Waals surface area contributed by atoms with Crippen molar-refractivity contribution in [1.29, 1.82) is 0 Å². The molecule has 1 aliphatic rings. The van der Waals surface area contributed by atoms with Crippen LogP contribution in [0.2, 0.25) is 0 Å². The maximum absolute atomic E-state index is 6.45. The molecule has 168 valence electrons. The van der Waals surface area contributed by atoms with Crippen LogP contribution in [0.15, 0.2) is 95.4 Å². The van der Waals surface area contributed by atoms with Gasteiger partial charge in [-0.05, 0) is 79.7 Å². The van der Waals surface area contributed by atoms with Gasteiger partial charge in [0.15, 0.2) is 0 Å². The Labute approximate surface area is 200 Å². The Kier molecular flexibility index (Phi) is 4.74. The fourth-order valence-corrected chi connectivity index (χ4v) is 4.68. The average Bonchev–Trinajstić information content (AvgIpc) is 3.31. The number of hydrogen-bond donors (Lipinski definition) is 0. The number of furan rings is 1. The summed E-state index contributed by atoms with van der Waals surface area (Å²) in [5, 5.41) is 2.20. The van der Waals surface area contributed by atoms with Gasteiger partial charge in [0.2, 0.25) is 0 Å². The summed E-state index contributed by atoms with van der Waals surface area (Å²) in [5.41, 5.74) is 6.45. The standard InChI is InChI=1S/C30H27BO3/c1-29(2)30(3,4)34-31(33-29)26-19-28-25(18-23(26)21-13-9-6-10-14-21)24-17-22(15-16-27(24)32-28)20-11-7-5-8-12-20/h5-19H,1-4H3. The van der Waals surface area contributed by atoms with Crippen LogP contribution in [0.4, 0.5) is 0 Å². The van der Waals surface area contributed by atoms with Crippen LogP contribution in [0.25, 0.3) is 44.2 Å². The summed E-state index contributed by atoms with van der Waals surface area (Å²) in [4.78, 5) is 0. The molecule has 0 bridgehead atoms. The first kappa shape index (κ1) is 21.2. The van der Waals surface area contributed by atoms with E-state index in [9.17, 15) is 0 Å². The van der Waals surface area contributed by atoms with E-state index in [0.29, 0.717) is 0 Å². The van der Waals surface area contributed by atoms with E-state index >= 15 is 0 Å². The number of hydrogen-bond acceptors (Lipinski definition) is 3. The van der Waals surface area contributed by atoms with Gasteiger partial charge >= 0.3 is 7.12 Å². The lowest BCUT2D eigenvalue weighted by molar-refractivity contribution is 0.00578. The van der Waals surface area contributed by atoms with Gasteiger partial charge in [-0.15, -0.1) is 0 Å². The zero-order valence-corrected chi connectivity index (χ0v) is 20.0. The maximum atomic E-state index is 6.45. The van der Waals surface area contributed by atoms with Crippen molar-refractivity contribution in [2.24, 2.45) is 0 Å². The number of rotatable bonds is 3. The van der Waals surface area contributed by atoms with Crippen molar-refractivity contribution in [2.75, 3.05) is 0 Å². The van der Waals surface area contributed by atoms with Crippen molar-refractivity contribution < 1.29 is 13.7 Å². The molecular formula is C30H27BO3. The third-order valence-electron chi connectivity index (χ3n) is 7.34. The lowest BCUT2D eigenvalue weighted by atomic mass is 9.74. The van der Waals surface area contributed by atoms with E-state index < -0.39 is 18.3 Å². The second-order valence-corrected chi connectivity index (χ2v) is 10.1. The van der Waals surface area contributed by atoms with Gasteiger partial charge < -0.3 is 13.7 Å². The summed E-state index contributed by atoms with van der Waals surface area (Å²) in [5.74, 6) is 0. The first-order valence-corrected chi connectivity index (χ1v) is 11.8. The van der Waals surface area contributed by atoms with Gasteiger partial charge in [0.1, 0.15) is 11.2 Å². The van der Waals surface area contributed by atoms with E-state index in [0.717, 1.165) is 38.5 Å². The molecule has 6 rings (SSSR count). The average molecular weight is 446 g/mol. The Morgan fingerprint density at radius 3 is 1.79 bits per heavy atom. The predicted octanol–water partition coefficient (Wildman–Crippen LogP) is 7.22. The van der Waals surface area contributed by atoms with Crippen LogP contribution in [0.3, 0.4) is 0 Å². The van der Waals surface area contributed by atoms with Gasteiger partial charge in [-0.1, -0.05) is 66.7 Å². The van der Waals surface area contributed by atoms with Crippen molar-refractivity contribution in [2.45, 2.75) is 38.9 Å². The Morgan fingerprint density at radius 2 is 1.15 bits per heavy atom. The molecule has 1 saturated heterocycles. The van der Waals surface area contributed by atoms with E-state index in [1.807, 2.05) is 12.1 Å². The minimum atomic E-state index is -0.474.